The molecule has 0 bridgehead atoms. The number of rotatable bonds is 3. The van der Waals surface area contributed by atoms with Gasteiger partial charge in [-0.2, -0.15) is 0 Å². The summed E-state index contributed by atoms with van der Waals surface area (Å²) < 4.78 is 15.6. The minimum Gasteiger partial charge on any atom is -0.345 e. The second-order valence-electron chi connectivity index (χ2n) is 8.61. The van der Waals surface area contributed by atoms with E-state index in [2.05, 4.69) is 14.9 Å². The van der Waals surface area contributed by atoms with Gasteiger partial charge in [0.15, 0.2) is 0 Å². The number of halogens is 1. The van der Waals surface area contributed by atoms with Gasteiger partial charge in [-0.3, -0.25) is 9.59 Å². The van der Waals surface area contributed by atoms with Gasteiger partial charge in [-0.25, -0.2) is 9.37 Å². The van der Waals surface area contributed by atoms with Crippen molar-refractivity contribution in [1.29, 1.82) is 0 Å². The topological polar surface area (TPSA) is 67.2 Å². The van der Waals surface area contributed by atoms with Gasteiger partial charge in [0.25, 0.3) is 5.91 Å². The summed E-state index contributed by atoms with van der Waals surface area (Å²) in [5.74, 6) is 0.674. The molecule has 152 valence electrons. The fourth-order valence-electron chi connectivity index (χ4n) is 4.85. The lowest BCUT2D eigenvalue weighted by Crippen LogP contribution is -2.52. The Morgan fingerprint density at radius 2 is 1.90 bits per heavy atom. The number of hydrogen-bond donors (Lipinski definition) is 1. The normalized spacial score (nSPS) is 22.9. The molecule has 5 rings (SSSR count). The third-order valence-electron chi connectivity index (χ3n) is 6.82. The molecule has 1 aromatic carbocycles. The first-order chi connectivity index (χ1) is 14.1. The van der Waals surface area contributed by atoms with Crippen molar-refractivity contribution in [2.45, 2.75) is 44.7 Å². The van der Waals surface area contributed by atoms with Crippen molar-refractivity contribution in [2.75, 3.05) is 13.1 Å². The zero-order valence-electron chi connectivity index (χ0n) is 16.3. The molecule has 1 saturated heterocycles. The summed E-state index contributed by atoms with van der Waals surface area (Å²) in [5, 5.41) is 3.29. The number of nitrogens with one attached hydrogen (secondary N) is 1. The Morgan fingerprint density at radius 1 is 1.14 bits per heavy atom. The molecule has 1 saturated carbocycles. The molecular weight excluding hydrogens is 371 g/mol. The van der Waals surface area contributed by atoms with E-state index in [9.17, 15) is 14.0 Å². The molecule has 1 spiro atoms. The molecule has 3 aliphatic rings. The lowest BCUT2D eigenvalue weighted by molar-refractivity contribution is -0.125. The number of hydrogen-bond acceptors (Lipinski definition) is 3. The average Bonchev–Trinajstić information content (AvgIpc) is 3.48. The van der Waals surface area contributed by atoms with Crippen LogP contribution in [0.25, 0.3) is 0 Å². The summed E-state index contributed by atoms with van der Waals surface area (Å²) in [5.41, 5.74) is 0.295. The molecule has 1 aromatic heterocycles. The summed E-state index contributed by atoms with van der Waals surface area (Å²) in [6.45, 7) is 2.08. The first kappa shape index (κ1) is 18.3. The van der Waals surface area contributed by atoms with Crippen molar-refractivity contribution >= 4 is 11.8 Å². The van der Waals surface area contributed by atoms with Gasteiger partial charge < -0.3 is 14.8 Å². The molecule has 3 heterocycles. The monoisotopic (exact) mass is 396 g/mol. The fourth-order valence-corrected chi connectivity index (χ4v) is 4.85. The van der Waals surface area contributed by atoms with Gasteiger partial charge in [0.05, 0.1) is 6.04 Å². The Morgan fingerprint density at radius 3 is 2.62 bits per heavy atom. The maximum Gasteiger partial charge on any atom is 0.253 e. The first-order valence-corrected chi connectivity index (χ1v) is 10.4. The van der Waals surface area contributed by atoms with E-state index >= 15 is 0 Å². The summed E-state index contributed by atoms with van der Waals surface area (Å²) in [6.07, 6.45) is 8.27. The average molecular weight is 396 g/mol. The standard InChI is InChI=1S/C22H25FN4O2/c23-17-3-1-2-16(14-17)21(29)27-11-7-22(8-12-27)6-10-26-13-9-24-19(26)18(22)25-20(28)15-4-5-15/h1-3,9,13-15,18H,4-8,10-12H2,(H,25,28)/t18-/m1/s1. The lowest BCUT2D eigenvalue weighted by Gasteiger charge is -2.49. The van der Waals surface area contributed by atoms with Crippen LogP contribution in [0, 0.1) is 17.2 Å². The predicted molar refractivity (Wildman–Crippen MR) is 104 cm³/mol. The molecule has 29 heavy (non-hydrogen) atoms. The molecule has 7 heteroatoms. The number of carbonyl (C=O) groups is 2. The van der Waals surface area contributed by atoms with Crippen molar-refractivity contribution in [3.63, 3.8) is 0 Å². The molecule has 2 aromatic rings. The second-order valence-corrected chi connectivity index (χ2v) is 8.61. The highest BCUT2D eigenvalue weighted by molar-refractivity contribution is 5.94. The third kappa shape index (κ3) is 3.32. The highest BCUT2D eigenvalue weighted by Gasteiger charge is 2.48. The quantitative estimate of drug-likeness (QED) is 0.868. The summed E-state index contributed by atoms with van der Waals surface area (Å²) >= 11 is 0. The number of piperidine rings is 1. The van der Waals surface area contributed by atoms with Gasteiger partial charge in [0, 0.05) is 48.9 Å². The van der Waals surface area contributed by atoms with Crippen LogP contribution in [0.15, 0.2) is 36.7 Å². The number of carbonyl (C=O) groups excluding carboxylic acids is 2. The second kappa shape index (κ2) is 6.97. The number of benzene rings is 1. The summed E-state index contributed by atoms with van der Waals surface area (Å²) in [4.78, 5) is 31.7. The van der Waals surface area contributed by atoms with E-state index in [1.54, 1.807) is 23.2 Å². The Balaban J connectivity index is 1.35. The number of amides is 2. The van der Waals surface area contributed by atoms with Gasteiger partial charge in [-0.15, -0.1) is 0 Å². The van der Waals surface area contributed by atoms with Crippen LogP contribution in [0.2, 0.25) is 0 Å². The van der Waals surface area contributed by atoms with Crippen molar-refractivity contribution in [3.05, 3.63) is 53.9 Å². The maximum absolute atomic E-state index is 13.5. The zero-order valence-corrected chi connectivity index (χ0v) is 16.3. The molecule has 0 radical (unpaired) electrons. The Kier molecular flexibility index (Phi) is 4.41. The van der Waals surface area contributed by atoms with Gasteiger partial charge in [-0.05, 0) is 50.3 Å². The zero-order chi connectivity index (χ0) is 20.0. The van der Waals surface area contributed by atoms with Gasteiger partial charge in [0.2, 0.25) is 5.91 Å². The number of aromatic nitrogens is 2. The van der Waals surface area contributed by atoms with Crippen molar-refractivity contribution in [2.24, 2.45) is 11.3 Å². The minimum absolute atomic E-state index is 0.0926. The van der Waals surface area contributed by atoms with Crippen LogP contribution in [0.3, 0.4) is 0 Å². The van der Waals surface area contributed by atoms with Crippen LogP contribution >= 0.6 is 0 Å². The number of likely N-dealkylation sites (tertiary alicyclic amines) is 1. The van der Waals surface area contributed by atoms with E-state index in [4.69, 9.17) is 0 Å². The van der Waals surface area contributed by atoms with E-state index < -0.39 is 5.82 Å². The molecule has 1 aliphatic carbocycles. The fraction of sp³-hybridized carbons (Fsp3) is 0.500. The van der Waals surface area contributed by atoms with Gasteiger partial charge >= 0.3 is 0 Å². The van der Waals surface area contributed by atoms with Crippen molar-refractivity contribution in [1.82, 2.24) is 19.8 Å². The molecule has 1 N–H and O–H groups in total. The predicted octanol–water partition coefficient (Wildman–Crippen LogP) is 2.92. The van der Waals surface area contributed by atoms with E-state index in [1.165, 1.54) is 12.1 Å². The van der Waals surface area contributed by atoms with Gasteiger partial charge in [0.1, 0.15) is 11.6 Å². The molecule has 1 atom stereocenters. The number of fused-ring (bicyclic) bond motifs is 1. The molecule has 0 unspecified atom stereocenters. The van der Waals surface area contributed by atoms with Crippen LogP contribution < -0.4 is 5.32 Å². The van der Waals surface area contributed by atoms with Gasteiger partial charge in [-0.1, -0.05) is 6.07 Å². The Hall–Kier alpha value is -2.70. The first-order valence-electron chi connectivity index (χ1n) is 10.4. The molecule has 2 amide bonds. The van der Waals surface area contributed by atoms with E-state index in [1.807, 2.05) is 6.20 Å². The van der Waals surface area contributed by atoms with E-state index in [0.29, 0.717) is 18.7 Å². The minimum atomic E-state index is -0.397. The third-order valence-corrected chi connectivity index (χ3v) is 6.82. The van der Waals surface area contributed by atoms with Crippen molar-refractivity contribution in [3.8, 4) is 0 Å². The van der Waals surface area contributed by atoms with Crippen LogP contribution in [0.4, 0.5) is 4.39 Å². The summed E-state index contributed by atoms with van der Waals surface area (Å²) in [6, 6.07) is 5.75. The lowest BCUT2D eigenvalue weighted by atomic mass is 9.68. The molecule has 2 fully saturated rings. The van der Waals surface area contributed by atoms with Crippen LogP contribution in [0.5, 0.6) is 0 Å². The number of nitrogens with zero attached hydrogens (tertiary/aromatic N) is 3. The van der Waals surface area contributed by atoms with E-state index in [0.717, 1.165) is 44.5 Å². The van der Waals surface area contributed by atoms with Crippen LogP contribution in [0.1, 0.15) is 54.3 Å². The molecule has 6 nitrogen and oxygen atoms in total. The highest BCUT2D eigenvalue weighted by atomic mass is 19.1. The van der Waals surface area contributed by atoms with E-state index in [-0.39, 0.29) is 29.2 Å². The number of aryl methyl sites for hydroxylation is 1. The molecular formula is C22H25FN4O2. The smallest absolute Gasteiger partial charge is 0.253 e. The van der Waals surface area contributed by atoms with Crippen LogP contribution in [-0.4, -0.2) is 39.4 Å². The largest absolute Gasteiger partial charge is 0.345 e. The maximum atomic E-state index is 13.5. The number of imidazole rings is 1. The Bertz CT molecular complexity index is 944. The summed E-state index contributed by atoms with van der Waals surface area (Å²) in [7, 11) is 0. The molecule has 2 aliphatic heterocycles. The highest BCUT2D eigenvalue weighted by Crippen LogP contribution is 2.49. The van der Waals surface area contributed by atoms with Crippen LogP contribution in [-0.2, 0) is 11.3 Å². The SMILES string of the molecule is O=C(N[C@@H]1c2nccn2CCC12CCN(C(=O)c1cccc(F)c1)CC2)C1CC1. The van der Waals surface area contributed by atoms with Crippen molar-refractivity contribution < 1.29 is 14.0 Å². The Labute approximate surface area is 169 Å².